The number of hydrogen-bond acceptors (Lipinski definition) is 5. The number of aromatic amines is 1. The summed E-state index contributed by atoms with van der Waals surface area (Å²) in [5.41, 5.74) is 1.90. The molecule has 0 unspecified atom stereocenters. The van der Waals surface area contributed by atoms with Crippen LogP contribution in [0.15, 0.2) is 34.8 Å². The molecule has 0 saturated carbocycles. The Balaban J connectivity index is 0.000000561. The van der Waals surface area contributed by atoms with Gasteiger partial charge in [0.25, 0.3) is 0 Å². The normalized spacial score (nSPS) is 10.4. The van der Waals surface area contributed by atoms with Crippen molar-refractivity contribution >= 4 is 32.1 Å². The Morgan fingerprint density at radius 2 is 1.73 bits per heavy atom. The van der Waals surface area contributed by atoms with Crippen LogP contribution in [-0.2, 0) is 9.84 Å². The van der Waals surface area contributed by atoms with Gasteiger partial charge in [0, 0.05) is 28.9 Å². The van der Waals surface area contributed by atoms with E-state index >= 15 is 0 Å². The number of nitrogens with zero attached hydrogens (tertiary/aromatic N) is 2. The van der Waals surface area contributed by atoms with Gasteiger partial charge in [0.2, 0.25) is 14.2 Å². The molecule has 7 heteroatoms. The maximum Gasteiger partial charge on any atom is 0.232 e. The Kier molecular flexibility index (Phi) is 6.70. The second-order valence-electron chi connectivity index (χ2n) is 3.92. The number of sulfone groups is 1. The number of hydrogen-bond donors (Lipinski definition) is 1. The van der Waals surface area contributed by atoms with Crippen molar-refractivity contribution in [1.82, 2.24) is 15.2 Å². The maximum absolute atomic E-state index is 11.4. The van der Waals surface area contributed by atoms with Crippen molar-refractivity contribution in [3.05, 3.63) is 30.5 Å². The molecule has 0 spiro atoms. The summed E-state index contributed by atoms with van der Waals surface area (Å²) in [6.45, 7) is 8.00. The lowest BCUT2D eigenvalue weighted by molar-refractivity contribution is 0.600. The molecule has 2 heterocycles. The largest absolute Gasteiger partial charge is 0.361 e. The van der Waals surface area contributed by atoms with Gasteiger partial charge in [-0.2, -0.15) is 0 Å². The van der Waals surface area contributed by atoms with Crippen LogP contribution in [0.25, 0.3) is 21.5 Å². The van der Waals surface area contributed by atoms with Gasteiger partial charge in [-0.3, -0.25) is 0 Å². The van der Waals surface area contributed by atoms with E-state index in [2.05, 4.69) is 15.2 Å². The highest BCUT2D eigenvalue weighted by atomic mass is 32.2. The summed E-state index contributed by atoms with van der Waals surface area (Å²) in [6, 6.07) is 7.74. The van der Waals surface area contributed by atoms with Crippen LogP contribution in [0.2, 0.25) is 0 Å². The van der Waals surface area contributed by atoms with E-state index in [1.54, 1.807) is 0 Å². The summed E-state index contributed by atoms with van der Waals surface area (Å²) < 4.78 is 22.8. The Morgan fingerprint density at radius 1 is 1.05 bits per heavy atom. The second kappa shape index (κ2) is 8.05. The maximum atomic E-state index is 11.4. The molecule has 0 atom stereocenters. The van der Waals surface area contributed by atoms with Crippen LogP contribution >= 0.6 is 11.3 Å². The molecular formula is C15H21N3O2S2. The van der Waals surface area contributed by atoms with Crippen molar-refractivity contribution in [2.75, 3.05) is 6.26 Å². The molecular weight excluding hydrogens is 318 g/mol. The smallest absolute Gasteiger partial charge is 0.232 e. The minimum Gasteiger partial charge on any atom is -0.361 e. The van der Waals surface area contributed by atoms with E-state index in [0.29, 0.717) is 5.01 Å². The van der Waals surface area contributed by atoms with Gasteiger partial charge in [-0.05, 0) is 24.3 Å². The van der Waals surface area contributed by atoms with E-state index in [9.17, 15) is 8.42 Å². The number of H-pyrrole nitrogens is 1. The highest BCUT2D eigenvalue weighted by Crippen LogP contribution is 2.28. The van der Waals surface area contributed by atoms with Crippen molar-refractivity contribution in [2.45, 2.75) is 32.0 Å². The highest BCUT2D eigenvalue weighted by molar-refractivity contribution is 7.92. The molecule has 0 radical (unpaired) electrons. The first-order chi connectivity index (χ1) is 10.5. The third kappa shape index (κ3) is 4.14. The zero-order chi connectivity index (χ0) is 16.8. The molecule has 1 aromatic carbocycles. The predicted molar refractivity (Wildman–Crippen MR) is 93.0 cm³/mol. The van der Waals surface area contributed by atoms with Gasteiger partial charge in [-0.15, -0.1) is 10.2 Å². The quantitative estimate of drug-likeness (QED) is 0.761. The van der Waals surface area contributed by atoms with Gasteiger partial charge >= 0.3 is 0 Å². The van der Waals surface area contributed by atoms with Gasteiger partial charge in [0.15, 0.2) is 0 Å². The third-order valence-electron chi connectivity index (χ3n) is 2.52. The van der Waals surface area contributed by atoms with E-state index in [1.807, 2.05) is 58.2 Å². The molecule has 5 nitrogen and oxygen atoms in total. The average molecular weight is 339 g/mol. The van der Waals surface area contributed by atoms with Crippen LogP contribution in [-0.4, -0.2) is 29.9 Å². The van der Waals surface area contributed by atoms with Crippen LogP contribution in [0, 0.1) is 0 Å². The molecule has 0 fully saturated rings. The predicted octanol–water partition coefficient (Wildman–Crippen LogP) is 4.14. The van der Waals surface area contributed by atoms with E-state index in [4.69, 9.17) is 0 Å². The van der Waals surface area contributed by atoms with Crippen molar-refractivity contribution in [2.24, 2.45) is 0 Å². The number of aromatic nitrogens is 3. The molecule has 3 aromatic rings. The zero-order valence-electron chi connectivity index (χ0n) is 13.4. The molecule has 0 aliphatic carbocycles. The SMILES string of the molecule is CC.CC.CS(=O)(=O)c1nnc(-c2ccc3[nH]ccc3c2)s1. The fraction of sp³-hybridized carbons (Fsp3) is 0.333. The number of fused-ring (bicyclic) bond motifs is 1. The number of benzene rings is 1. The Hall–Kier alpha value is -1.73. The number of nitrogens with one attached hydrogen (secondary N) is 1. The van der Waals surface area contributed by atoms with Crippen molar-refractivity contribution < 1.29 is 8.42 Å². The molecule has 0 amide bonds. The van der Waals surface area contributed by atoms with Gasteiger partial charge < -0.3 is 4.98 Å². The summed E-state index contributed by atoms with van der Waals surface area (Å²) in [5.74, 6) is 0. The average Bonchev–Trinajstić information content (AvgIpc) is 3.19. The highest BCUT2D eigenvalue weighted by Gasteiger charge is 2.15. The Bertz CT molecular complexity index is 820. The fourth-order valence-electron chi connectivity index (χ4n) is 1.66. The third-order valence-corrected chi connectivity index (χ3v) is 5.17. The van der Waals surface area contributed by atoms with Crippen molar-refractivity contribution in [3.63, 3.8) is 0 Å². The molecule has 22 heavy (non-hydrogen) atoms. The standard InChI is InChI=1S/C11H9N3O2S2.2C2H6/c1-18(15,16)11-14-13-10(17-11)8-2-3-9-7(6-8)4-5-12-9;2*1-2/h2-6,12H,1H3;2*1-2H3. The summed E-state index contributed by atoms with van der Waals surface area (Å²) in [5, 5.41) is 9.30. The summed E-state index contributed by atoms with van der Waals surface area (Å²) in [7, 11) is -3.28. The van der Waals surface area contributed by atoms with Crippen molar-refractivity contribution in [3.8, 4) is 10.6 Å². The van der Waals surface area contributed by atoms with Crippen LogP contribution in [0.5, 0.6) is 0 Å². The minimum absolute atomic E-state index is 0.0478. The van der Waals surface area contributed by atoms with Crippen LogP contribution in [0.3, 0.4) is 0 Å². The first-order valence-electron chi connectivity index (χ1n) is 7.15. The van der Waals surface area contributed by atoms with Gasteiger partial charge in [0.05, 0.1) is 0 Å². The van der Waals surface area contributed by atoms with E-state index < -0.39 is 9.84 Å². The van der Waals surface area contributed by atoms with Crippen LogP contribution in [0.1, 0.15) is 27.7 Å². The Labute approximate surface area is 135 Å². The molecule has 0 saturated heterocycles. The van der Waals surface area contributed by atoms with E-state index in [-0.39, 0.29) is 4.34 Å². The molecule has 3 rings (SSSR count). The number of rotatable bonds is 2. The summed E-state index contributed by atoms with van der Waals surface area (Å²) in [4.78, 5) is 3.10. The van der Waals surface area contributed by atoms with Gasteiger partial charge in [0.1, 0.15) is 5.01 Å². The topological polar surface area (TPSA) is 75.7 Å². The van der Waals surface area contributed by atoms with Crippen LogP contribution in [0.4, 0.5) is 0 Å². The monoisotopic (exact) mass is 339 g/mol. The zero-order valence-corrected chi connectivity index (χ0v) is 15.0. The fourth-order valence-corrected chi connectivity index (χ4v) is 3.27. The molecule has 2 aromatic heterocycles. The minimum atomic E-state index is -3.28. The van der Waals surface area contributed by atoms with E-state index in [1.165, 1.54) is 0 Å². The lowest BCUT2D eigenvalue weighted by atomic mass is 10.2. The van der Waals surface area contributed by atoms with Gasteiger partial charge in [-0.1, -0.05) is 39.0 Å². The van der Waals surface area contributed by atoms with Crippen molar-refractivity contribution in [1.29, 1.82) is 0 Å². The molecule has 0 aliphatic heterocycles. The van der Waals surface area contributed by atoms with E-state index in [0.717, 1.165) is 34.1 Å². The van der Waals surface area contributed by atoms with Crippen LogP contribution < -0.4 is 0 Å². The molecule has 1 N–H and O–H groups in total. The first-order valence-corrected chi connectivity index (χ1v) is 9.86. The molecule has 0 aliphatic rings. The summed E-state index contributed by atoms with van der Waals surface area (Å²) in [6.07, 6.45) is 2.99. The second-order valence-corrected chi connectivity index (χ2v) is 7.09. The first kappa shape index (κ1) is 18.3. The summed E-state index contributed by atoms with van der Waals surface area (Å²) >= 11 is 1.08. The van der Waals surface area contributed by atoms with Gasteiger partial charge in [-0.25, -0.2) is 8.42 Å². The lowest BCUT2D eigenvalue weighted by Crippen LogP contribution is -1.95. The lowest BCUT2D eigenvalue weighted by Gasteiger charge is -1.95. The molecule has 120 valence electrons. The molecule has 0 bridgehead atoms. The Morgan fingerprint density at radius 3 is 2.32 bits per heavy atom.